The first-order valence-electron chi connectivity index (χ1n) is 9.24. The van der Waals surface area contributed by atoms with E-state index in [1.54, 1.807) is 16.8 Å². The average Bonchev–Trinajstić information content (AvgIpc) is 3.34. The Morgan fingerprint density at radius 3 is 2.77 bits per heavy atom. The molecule has 1 aliphatic heterocycles. The number of carbonyl (C=O) groups excluding carboxylic acids is 1. The van der Waals surface area contributed by atoms with Gasteiger partial charge in [0.25, 0.3) is 0 Å². The normalized spacial score (nSPS) is 15.7. The monoisotopic (exact) mass is 439 g/mol. The maximum Gasteiger partial charge on any atom is 0.226 e. The van der Waals surface area contributed by atoms with Gasteiger partial charge in [0, 0.05) is 22.6 Å². The minimum Gasteiger partial charge on any atom is -0.460 e. The molecule has 1 N–H and O–H groups in total. The van der Waals surface area contributed by atoms with E-state index in [2.05, 4.69) is 20.6 Å². The molecule has 0 aliphatic carbocycles. The summed E-state index contributed by atoms with van der Waals surface area (Å²) in [6.45, 7) is 1.89. The quantitative estimate of drug-likeness (QED) is 0.484. The third-order valence-corrected chi connectivity index (χ3v) is 5.45. The van der Waals surface area contributed by atoms with Crippen molar-refractivity contribution in [3.8, 4) is 17.1 Å². The molecule has 0 bridgehead atoms. The number of hydrogen-bond donors (Lipinski definition) is 1. The Labute approximate surface area is 181 Å². The van der Waals surface area contributed by atoms with Crippen molar-refractivity contribution in [1.82, 2.24) is 20.0 Å². The van der Waals surface area contributed by atoms with Crippen LogP contribution in [0.3, 0.4) is 0 Å². The summed E-state index contributed by atoms with van der Waals surface area (Å²) >= 11 is 11.9. The van der Waals surface area contributed by atoms with Crippen LogP contribution in [0.15, 0.2) is 52.9 Å². The van der Waals surface area contributed by atoms with Crippen LogP contribution in [0.5, 0.6) is 0 Å². The summed E-state index contributed by atoms with van der Waals surface area (Å²) in [6, 6.07) is 14.5. The maximum atomic E-state index is 12.5. The number of furan rings is 1. The standard InChI is InChI=1S/C21H15Cl2N5O2/c1-11-20-14(16-6-5-15(30-16)12-3-2-4-13(22)9-12)10-19(29)24-21(20)28(27-11)18-8-7-17(23)25-26-18/h2-9,14H,10H2,1H3,(H,24,29). The van der Waals surface area contributed by atoms with E-state index in [-0.39, 0.29) is 23.4 Å². The van der Waals surface area contributed by atoms with Gasteiger partial charge in [0.2, 0.25) is 5.91 Å². The molecule has 0 radical (unpaired) electrons. The molecule has 0 saturated heterocycles. The maximum absolute atomic E-state index is 12.5. The number of nitrogens with one attached hydrogen (secondary N) is 1. The Balaban J connectivity index is 1.58. The van der Waals surface area contributed by atoms with E-state index in [0.717, 1.165) is 16.8 Å². The van der Waals surface area contributed by atoms with Crippen LogP contribution in [-0.4, -0.2) is 25.9 Å². The summed E-state index contributed by atoms with van der Waals surface area (Å²) < 4.78 is 7.70. The van der Waals surface area contributed by atoms with E-state index in [0.29, 0.717) is 28.2 Å². The van der Waals surface area contributed by atoms with Crippen LogP contribution in [0, 0.1) is 6.92 Å². The summed E-state index contributed by atoms with van der Waals surface area (Å²) in [6.07, 6.45) is 0.258. The van der Waals surface area contributed by atoms with Crippen molar-refractivity contribution in [1.29, 1.82) is 0 Å². The summed E-state index contributed by atoms with van der Waals surface area (Å²) in [5.41, 5.74) is 2.53. The zero-order chi connectivity index (χ0) is 20.8. The molecule has 30 heavy (non-hydrogen) atoms. The Bertz CT molecular complexity index is 1260. The molecule has 5 rings (SSSR count). The first kappa shape index (κ1) is 18.8. The lowest BCUT2D eigenvalue weighted by atomic mass is 9.90. The van der Waals surface area contributed by atoms with Crippen molar-refractivity contribution in [2.75, 3.05) is 5.32 Å². The molecule has 0 fully saturated rings. The number of rotatable bonds is 3. The number of anilines is 1. The molecule has 1 atom stereocenters. The second-order valence-corrected chi connectivity index (χ2v) is 7.81. The van der Waals surface area contributed by atoms with E-state index >= 15 is 0 Å². The number of amides is 1. The molecular weight excluding hydrogens is 425 g/mol. The van der Waals surface area contributed by atoms with E-state index in [1.807, 2.05) is 43.3 Å². The Morgan fingerprint density at radius 2 is 2.00 bits per heavy atom. The smallest absolute Gasteiger partial charge is 0.226 e. The molecular formula is C21H15Cl2N5O2. The van der Waals surface area contributed by atoms with Crippen molar-refractivity contribution in [2.45, 2.75) is 19.3 Å². The van der Waals surface area contributed by atoms with Crippen molar-refractivity contribution in [2.24, 2.45) is 0 Å². The number of halogens is 2. The molecule has 7 nitrogen and oxygen atoms in total. The summed E-state index contributed by atoms with van der Waals surface area (Å²) in [7, 11) is 0. The first-order chi connectivity index (χ1) is 14.5. The van der Waals surface area contributed by atoms with Gasteiger partial charge in [0.1, 0.15) is 17.3 Å². The predicted octanol–water partition coefficient (Wildman–Crippen LogP) is 5.01. The van der Waals surface area contributed by atoms with Gasteiger partial charge in [-0.3, -0.25) is 4.79 Å². The van der Waals surface area contributed by atoms with Crippen molar-refractivity contribution in [3.05, 3.63) is 75.7 Å². The summed E-state index contributed by atoms with van der Waals surface area (Å²) in [5, 5.41) is 16.3. The van der Waals surface area contributed by atoms with Crippen LogP contribution >= 0.6 is 23.2 Å². The average molecular weight is 440 g/mol. The third-order valence-electron chi connectivity index (χ3n) is 5.02. The lowest BCUT2D eigenvalue weighted by Crippen LogP contribution is -2.24. The van der Waals surface area contributed by atoms with Gasteiger partial charge in [-0.05, 0) is 43.3 Å². The second kappa shape index (κ2) is 7.27. The molecule has 0 spiro atoms. The zero-order valence-corrected chi connectivity index (χ0v) is 17.3. The van der Waals surface area contributed by atoms with Crippen LogP contribution in [0.25, 0.3) is 17.1 Å². The van der Waals surface area contributed by atoms with Crippen LogP contribution in [0.4, 0.5) is 5.82 Å². The molecule has 0 saturated carbocycles. The Hall–Kier alpha value is -3.16. The highest BCUT2D eigenvalue weighted by molar-refractivity contribution is 6.30. The lowest BCUT2D eigenvalue weighted by Gasteiger charge is -2.22. The first-order valence-corrected chi connectivity index (χ1v) is 10.00. The SMILES string of the molecule is Cc1nn(-c2ccc(Cl)nn2)c2c1C(c1ccc(-c3cccc(Cl)c3)o1)CC(=O)N2. The highest BCUT2D eigenvalue weighted by Gasteiger charge is 2.34. The van der Waals surface area contributed by atoms with E-state index in [1.165, 1.54) is 0 Å². The largest absolute Gasteiger partial charge is 0.460 e. The van der Waals surface area contributed by atoms with E-state index < -0.39 is 0 Å². The topological polar surface area (TPSA) is 85.8 Å². The van der Waals surface area contributed by atoms with Gasteiger partial charge in [-0.25, -0.2) is 0 Å². The molecule has 150 valence electrons. The lowest BCUT2D eigenvalue weighted by molar-refractivity contribution is -0.116. The Kier molecular flexibility index (Phi) is 4.56. The molecule has 1 amide bonds. The number of aromatic nitrogens is 4. The van der Waals surface area contributed by atoms with Crippen molar-refractivity contribution in [3.63, 3.8) is 0 Å². The van der Waals surface area contributed by atoms with Crippen LogP contribution < -0.4 is 5.32 Å². The van der Waals surface area contributed by atoms with Gasteiger partial charge < -0.3 is 9.73 Å². The minimum atomic E-state index is -0.268. The van der Waals surface area contributed by atoms with Gasteiger partial charge in [-0.1, -0.05) is 35.3 Å². The number of fused-ring (bicyclic) bond motifs is 1. The van der Waals surface area contributed by atoms with Gasteiger partial charge in [0.05, 0.1) is 11.6 Å². The fourth-order valence-electron chi connectivity index (χ4n) is 3.71. The fourth-order valence-corrected chi connectivity index (χ4v) is 4.01. The van der Waals surface area contributed by atoms with Gasteiger partial charge in [-0.15, -0.1) is 10.2 Å². The van der Waals surface area contributed by atoms with Crippen LogP contribution in [-0.2, 0) is 4.79 Å². The fraction of sp³-hybridized carbons (Fsp3) is 0.143. The third kappa shape index (κ3) is 3.26. The predicted molar refractivity (Wildman–Crippen MR) is 113 cm³/mol. The number of carbonyl (C=O) groups is 1. The van der Waals surface area contributed by atoms with E-state index in [4.69, 9.17) is 27.6 Å². The molecule has 9 heteroatoms. The van der Waals surface area contributed by atoms with Crippen LogP contribution in [0.2, 0.25) is 10.2 Å². The second-order valence-electron chi connectivity index (χ2n) is 6.99. The summed E-state index contributed by atoms with van der Waals surface area (Å²) in [4.78, 5) is 12.5. The number of nitrogens with zero attached hydrogens (tertiary/aromatic N) is 4. The highest BCUT2D eigenvalue weighted by Crippen LogP contribution is 2.41. The molecule has 4 aromatic rings. The van der Waals surface area contributed by atoms with Crippen LogP contribution in [0.1, 0.15) is 29.4 Å². The minimum absolute atomic E-state index is 0.128. The summed E-state index contributed by atoms with van der Waals surface area (Å²) in [5.74, 6) is 2.00. The highest BCUT2D eigenvalue weighted by atomic mass is 35.5. The van der Waals surface area contributed by atoms with Crippen molar-refractivity contribution < 1.29 is 9.21 Å². The molecule has 1 aromatic carbocycles. The molecule has 1 aliphatic rings. The zero-order valence-electron chi connectivity index (χ0n) is 15.8. The van der Waals surface area contributed by atoms with Crippen molar-refractivity contribution >= 4 is 34.9 Å². The van der Waals surface area contributed by atoms with Gasteiger partial charge in [0.15, 0.2) is 11.0 Å². The van der Waals surface area contributed by atoms with E-state index in [9.17, 15) is 4.79 Å². The number of benzene rings is 1. The number of hydrogen-bond acceptors (Lipinski definition) is 5. The molecule has 1 unspecified atom stereocenters. The number of aryl methyl sites for hydroxylation is 1. The molecule has 4 heterocycles. The van der Waals surface area contributed by atoms with Gasteiger partial charge >= 0.3 is 0 Å². The Morgan fingerprint density at radius 1 is 1.13 bits per heavy atom. The molecule has 3 aromatic heterocycles. The van der Waals surface area contributed by atoms with Gasteiger partial charge in [-0.2, -0.15) is 9.78 Å².